The van der Waals surface area contributed by atoms with Crippen molar-refractivity contribution in [1.29, 1.82) is 5.26 Å². The molecule has 1 atom stereocenters. The zero-order valence-electron chi connectivity index (χ0n) is 9.12. The van der Waals surface area contributed by atoms with Gasteiger partial charge in [-0.3, -0.25) is 0 Å². The predicted octanol–water partition coefficient (Wildman–Crippen LogP) is 3.24. The van der Waals surface area contributed by atoms with E-state index < -0.39 is 14.4 Å². The maximum absolute atomic E-state index is 12.7. The Hall–Kier alpha value is -1.18. The van der Waals surface area contributed by atoms with Gasteiger partial charge in [-0.05, 0) is 37.3 Å². The molecule has 0 aliphatic carbocycles. The van der Waals surface area contributed by atoms with Gasteiger partial charge >= 0.3 is 0 Å². The van der Waals surface area contributed by atoms with Crippen molar-refractivity contribution in [3.63, 3.8) is 0 Å². The summed E-state index contributed by atoms with van der Waals surface area (Å²) in [6, 6.07) is 7.94. The van der Waals surface area contributed by atoms with Crippen LogP contribution in [0.2, 0.25) is 19.6 Å². The molecule has 0 heterocycles. The summed E-state index contributed by atoms with van der Waals surface area (Å²) >= 11 is 0. The van der Waals surface area contributed by atoms with Crippen LogP contribution in [0.5, 0.6) is 0 Å². The molecule has 0 spiro atoms. The van der Waals surface area contributed by atoms with E-state index in [1.165, 1.54) is 12.1 Å². The normalized spacial score (nSPS) is 13.3. The monoisotopic (exact) mass is 223 g/mol. The molecule has 0 saturated carbocycles. The lowest BCUT2D eigenvalue weighted by Crippen LogP contribution is -2.27. The van der Waals surface area contributed by atoms with E-state index in [2.05, 4.69) is 6.07 Å². The first kappa shape index (κ1) is 11.9. The van der Waals surface area contributed by atoms with Crippen molar-refractivity contribution in [3.05, 3.63) is 35.6 Å². The number of hydrogen-bond donors (Lipinski definition) is 0. The van der Waals surface area contributed by atoms with Crippen molar-refractivity contribution >= 4 is 8.32 Å². The smallest absolute Gasteiger partial charge is 0.186 e. The highest BCUT2D eigenvalue weighted by Gasteiger charge is 2.21. The van der Waals surface area contributed by atoms with Gasteiger partial charge < -0.3 is 4.43 Å². The van der Waals surface area contributed by atoms with Crippen LogP contribution >= 0.6 is 0 Å². The summed E-state index contributed by atoms with van der Waals surface area (Å²) in [6.45, 7) is 6.04. The predicted molar refractivity (Wildman–Crippen MR) is 59.2 cm³/mol. The van der Waals surface area contributed by atoms with E-state index in [-0.39, 0.29) is 5.82 Å². The van der Waals surface area contributed by atoms with Gasteiger partial charge in [-0.2, -0.15) is 5.26 Å². The van der Waals surface area contributed by atoms with E-state index >= 15 is 0 Å². The molecule has 0 N–H and O–H groups in total. The second-order valence-electron chi connectivity index (χ2n) is 4.29. The molecule has 2 nitrogen and oxygen atoms in total. The molecule has 4 heteroatoms. The summed E-state index contributed by atoms with van der Waals surface area (Å²) in [5.41, 5.74) is 0.710. The molecule has 0 aromatic heterocycles. The average molecular weight is 223 g/mol. The maximum Gasteiger partial charge on any atom is 0.186 e. The van der Waals surface area contributed by atoms with E-state index in [1.54, 1.807) is 12.1 Å². The number of halogens is 1. The summed E-state index contributed by atoms with van der Waals surface area (Å²) in [7, 11) is -1.75. The number of rotatable bonds is 3. The Morgan fingerprint density at radius 1 is 1.27 bits per heavy atom. The fourth-order valence-corrected chi connectivity index (χ4v) is 2.06. The van der Waals surface area contributed by atoms with Crippen molar-refractivity contribution in [1.82, 2.24) is 0 Å². The highest BCUT2D eigenvalue weighted by Crippen LogP contribution is 2.21. The molecule has 0 amide bonds. The third-order valence-electron chi connectivity index (χ3n) is 1.76. The van der Waals surface area contributed by atoms with Crippen molar-refractivity contribution in [2.45, 2.75) is 25.7 Å². The molecule has 0 saturated heterocycles. The van der Waals surface area contributed by atoms with Crippen LogP contribution in [0.15, 0.2) is 24.3 Å². The highest BCUT2D eigenvalue weighted by atomic mass is 28.4. The lowest BCUT2D eigenvalue weighted by atomic mass is 10.1. The molecular weight excluding hydrogens is 209 g/mol. The Balaban J connectivity index is 2.85. The van der Waals surface area contributed by atoms with Crippen molar-refractivity contribution in [3.8, 4) is 6.07 Å². The van der Waals surface area contributed by atoms with Crippen molar-refractivity contribution < 1.29 is 8.82 Å². The second kappa shape index (κ2) is 4.56. The van der Waals surface area contributed by atoms with Crippen LogP contribution in [0, 0.1) is 17.1 Å². The molecule has 0 fully saturated rings. The lowest BCUT2D eigenvalue weighted by Gasteiger charge is -2.21. The van der Waals surface area contributed by atoms with Crippen LogP contribution in [-0.2, 0) is 4.43 Å². The standard InChI is InChI=1S/C11H14FNOSi/c1-15(2,3)14-11(8-13)9-4-6-10(12)7-5-9/h4-7,11H,1-3H3. The van der Waals surface area contributed by atoms with Crippen LogP contribution < -0.4 is 0 Å². The van der Waals surface area contributed by atoms with Gasteiger partial charge in [0.05, 0.1) is 6.07 Å². The van der Waals surface area contributed by atoms with Gasteiger partial charge in [0.15, 0.2) is 14.4 Å². The van der Waals surface area contributed by atoms with E-state index in [0.717, 1.165) is 0 Å². The van der Waals surface area contributed by atoms with E-state index in [4.69, 9.17) is 9.69 Å². The third kappa shape index (κ3) is 3.82. The molecule has 1 aromatic rings. The highest BCUT2D eigenvalue weighted by molar-refractivity contribution is 6.69. The largest absolute Gasteiger partial charge is 0.399 e. The van der Waals surface area contributed by atoms with E-state index in [0.29, 0.717) is 5.56 Å². The zero-order valence-corrected chi connectivity index (χ0v) is 10.1. The topological polar surface area (TPSA) is 33.0 Å². The molecule has 1 aromatic carbocycles. The van der Waals surface area contributed by atoms with Gasteiger partial charge in [-0.1, -0.05) is 12.1 Å². The third-order valence-corrected chi connectivity index (χ3v) is 2.70. The minimum absolute atomic E-state index is 0.302. The zero-order chi connectivity index (χ0) is 11.5. The van der Waals surface area contributed by atoms with E-state index in [1.807, 2.05) is 19.6 Å². The Bertz CT molecular complexity index is 364. The molecule has 0 radical (unpaired) electrons. The Morgan fingerprint density at radius 3 is 2.20 bits per heavy atom. The minimum Gasteiger partial charge on any atom is -0.399 e. The maximum atomic E-state index is 12.7. The molecule has 1 unspecified atom stereocenters. The minimum atomic E-state index is -1.75. The lowest BCUT2D eigenvalue weighted by molar-refractivity contribution is 0.255. The van der Waals surface area contributed by atoms with Gasteiger partial charge in [0.2, 0.25) is 0 Å². The van der Waals surface area contributed by atoms with Gasteiger partial charge in [0, 0.05) is 0 Å². The Morgan fingerprint density at radius 2 is 1.80 bits per heavy atom. The quantitative estimate of drug-likeness (QED) is 0.737. The van der Waals surface area contributed by atoms with Crippen LogP contribution in [0.1, 0.15) is 11.7 Å². The summed E-state index contributed by atoms with van der Waals surface area (Å²) < 4.78 is 18.3. The second-order valence-corrected chi connectivity index (χ2v) is 8.75. The fourth-order valence-electron chi connectivity index (χ4n) is 1.16. The molecule has 1 rings (SSSR count). The van der Waals surface area contributed by atoms with Gasteiger partial charge in [0.1, 0.15) is 5.82 Å². The summed E-state index contributed by atoms with van der Waals surface area (Å²) in [6.07, 6.45) is -0.586. The number of benzene rings is 1. The molecule has 0 bridgehead atoms. The van der Waals surface area contributed by atoms with E-state index in [9.17, 15) is 4.39 Å². The van der Waals surface area contributed by atoms with Crippen molar-refractivity contribution in [2.75, 3.05) is 0 Å². The molecule has 15 heavy (non-hydrogen) atoms. The average Bonchev–Trinajstić information content (AvgIpc) is 2.14. The number of nitriles is 1. The fraction of sp³-hybridized carbons (Fsp3) is 0.364. The first-order chi connectivity index (χ1) is 6.92. The SMILES string of the molecule is C[Si](C)(C)OC(C#N)c1ccc(F)cc1. The summed E-state index contributed by atoms with van der Waals surface area (Å²) in [5.74, 6) is -0.302. The molecule has 0 aliphatic heterocycles. The molecular formula is C11H14FNOSi. The first-order valence-electron chi connectivity index (χ1n) is 4.75. The summed E-state index contributed by atoms with van der Waals surface area (Å²) in [4.78, 5) is 0. The Kier molecular flexibility index (Phi) is 3.61. The van der Waals surface area contributed by atoms with Crippen LogP contribution in [0.3, 0.4) is 0 Å². The van der Waals surface area contributed by atoms with Crippen LogP contribution in [0.25, 0.3) is 0 Å². The van der Waals surface area contributed by atoms with Gasteiger partial charge in [0.25, 0.3) is 0 Å². The van der Waals surface area contributed by atoms with Crippen molar-refractivity contribution in [2.24, 2.45) is 0 Å². The summed E-state index contributed by atoms with van der Waals surface area (Å²) in [5, 5.41) is 8.97. The van der Waals surface area contributed by atoms with Crippen LogP contribution in [0.4, 0.5) is 4.39 Å². The van der Waals surface area contributed by atoms with Gasteiger partial charge in [-0.15, -0.1) is 0 Å². The molecule has 0 aliphatic rings. The number of hydrogen-bond acceptors (Lipinski definition) is 2. The molecule has 80 valence electrons. The number of nitrogens with zero attached hydrogens (tertiary/aromatic N) is 1. The van der Waals surface area contributed by atoms with Gasteiger partial charge in [-0.25, -0.2) is 4.39 Å². The Labute approximate surface area is 90.4 Å². The first-order valence-corrected chi connectivity index (χ1v) is 8.16. The van der Waals surface area contributed by atoms with Crippen LogP contribution in [-0.4, -0.2) is 8.32 Å².